The molecule has 0 aliphatic carbocycles. The van der Waals surface area contributed by atoms with E-state index in [-0.39, 0.29) is 308 Å². The van der Waals surface area contributed by atoms with Crippen LogP contribution in [-0.2, 0) is 36.5 Å². The van der Waals surface area contributed by atoms with Crippen molar-refractivity contribution < 1.29 is 423 Å². The van der Waals surface area contributed by atoms with Gasteiger partial charge in [-0.15, -0.1) is 0 Å². The van der Waals surface area contributed by atoms with Crippen LogP contribution in [0.3, 0.4) is 0 Å². The van der Waals surface area contributed by atoms with E-state index in [9.17, 15) is 105 Å². The van der Waals surface area contributed by atoms with E-state index in [0.29, 0.717) is 5.32 Å². The molecule has 0 saturated heterocycles. The largest absolute Gasteiger partial charge is 1.00 e. The third kappa shape index (κ3) is 23.8. The Hall–Kier alpha value is 10.9. The molecule has 0 aliphatic rings. The van der Waals surface area contributed by atoms with Crippen LogP contribution in [0, 0.1) is 0 Å². The van der Waals surface area contributed by atoms with Gasteiger partial charge < -0.3 is 92.0 Å². The standard InChI is InChI=1S/C6H24N2O24P8.6K/c9-33(10,11)2(34(12,13)14)6(3(35(15,16)17)36(18,19)20,8-5(39(27,28)29)40(30,31)32)1-7-4(37(21,22)23)38(24,25)26;;;;;;/h2-5,7-8H,1H2,(H2,9,10,11)(H2,12,13,14)(H2,15,16,17)(H2,18,19,20)(H2,21,22,23)(H2,24,25,26)(H2,27,28,29)(H2,30,31,32);;;;;;/q;6*+1/p-6. The molecule has 0 radical (unpaired) electrons. The Kier molecular flexibility index (Phi) is 41.0. The molecule has 0 aliphatic heterocycles. The molecule has 0 aromatic carbocycles. The summed E-state index contributed by atoms with van der Waals surface area (Å²) in [6, 6.07) is 0. The van der Waals surface area contributed by atoms with E-state index in [2.05, 4.69) is 0 Å². The second-order valence-corrected chi connectivity index (χ2v) is 22.5. The summed E-state index contributed by atoms with van der Waals surface area (Å²) >= 11 is 0. The SMILES string of the molecule is O=P([O-])([O-])C(NC(CNC(P(=O)([O-])[O-])P(=O)(O)O)(C(P(=O)(O)O)P(=O)(O)O)C(P(=O)(O)O)P(=O)(O)O)P(=O)([O-])[O-].[K+].[K+].[K+].[K+].[K+].[K+]. The van der Waals surface area contributed by atoms with Gasteiger partial charge in [-0.05, 0) is 22.8 Å². The molecule has 0 spiro atoms. The van der Waals surface area contributed by atoms with Crippen molar-refractivity contribution in [2.45, 2.75) is 27.4 Å². The van der Waals surface area contributed by atoms with Gasteiger partial charge in [0.2, 0.25) is 0 Å². The fraction of sp³-hybridized carbons (Fsp3) is 1.00. The summed E-state index contributed by atoms with van der Waals surface area (Å²) in [5.41, 5.74) is -13.7. The quantitative estimate of drug-likeness (QED) is 0.0535. The Balaban J connectivity index is -0.000000507. The van der Waals surface area contributed by atoms with Crippen molar-refractivity contribution in [1.82, 2.24) is 10.6 Å². The molecular formula is C6H18K6N2O24P8. The molecule has 242 valence electrons. The molecule has 40 heteroatoms. The van der Waals surface area contributed by atoms with Crippen molar-refractivity contribution >= 4 is 60.8 Å². The van der Waals surface area contributed by atoms with Crippen LogP contribution in [0.2, 0.25) is 0 Å². The van der Waals surface area contributed by atoms with Gasteiger partial charge in [0.05, 0.1) is 11.1 Å². The number of rotatable bonds is 15. The first kappa shape index (κ1) is 71.4. The van der Waals surface area contributed by atoms with E-state index in [0.717, 1.165) is 5.32 Å². The molecule has 0 amide bonds. The van der Waals surface area contributed by atoms with E-state index in [1.807, 2.05) is 0 Å². The Bertz CT molecular complexity index is 1200. The first-order chi connectivity index (χ1) is 16.9. The van der Waals surface area contributed by atoms with Crippen LogP contribution in [0.4, 0.5) is 0 Å². The number of nitrogens with one attached hydrogen (secondary N) is 2. The van der Waals surface area contributed by atoms with Gasteiger partial charge in [-0.1, -0.05) is 0 Å². The zero-order valence-electron chi connectivity index (χ0n) is 24.3. The van der Waals surface area contributed by atoms with Gasteiger partial charge in [0, 0.05) is 6.54 Å². The third-order valence-electron chi connectivity index (χ3n) is 4.39. The number of hydrogen-bond donors (Lipinski definition) is 12. The van der Waals surface area contributed by atoms with Crippen molar-refractivity contribution in [2.75, 3.05) is 6.54 Å². The van der Waals surface area contributed by atoms with Gasteiger partial charge in [-0.2, -0.15) is 0 Å². The molecule has 12 N–H and O–H groups in total. The maximum Gasteiger partial charge on any atom is 1.00 e. The van der Waals surface area contributed by atoms with Crippen molar-refractivity contribution in [3.05, 3.63) is 0 Å². The normalized spacial score (nSPS) is 14.5. The third-order valence-corrected chi connectivity index (χ3v) is 18.9. The Morgan fingerprint density at radius 3 is 0.804 bits per heavy atom. The molecular weight excluding hydrogens is 966 g/mol. The molecule has 46 heavy (non-hydrogen) atoms. The zero-order chi connectivity index (χ0) is 32.9. The first-order valence-electron chi connectivity index (χ1n) is 8.73. The second kappa shape index (κ2) is 26.4. The predicted octanol–water partition coefficient (Wildman–Crippen LogP) is -26.2. The summed E-state index contributed by atoms with van der Waals surface area (Å²) < 4.78 is 94.5. The van der Waals surface area contributed by atoms with E-state index in [1.54, 1.807) is 0 Å². The van der Waals surface area contributed by atoms with Crippen molar-refractivity contribution in [3.8, 4) is 0 Å². The molecule has 0 heterocycles. The van der Waals surface area contributed by atoms with E-state index < -0.39 is 94.7 Å². The summed E-state index contributed by atoms with van der Waals surface area (Å²) in [5, 5.41) is -8.09. The van der Waals surface area contributed by atoms with Crippen molar-refractivity contribution in [1.29, 1.82) is 0 Å². The Labute approximate surface area is 514 Å². The van der Waals surface area contributed by atoms with Crippen LogP contribution in [0.25, 0.3) is 0 Å². The minimum Gasteiger partial charge on any atom is -0.809 e. The van der Waals surface area contributed by atoms with Gasteiger partial charge in [0.15, 0.2) is 10.8 Å². The van der Waals surface area contributed by atoms with E-state index in [4.69, 9.17) is 9.79 Å². The summed E-state index contributed by atoms with van der Waals surface area (Å²) in [5.74, 6) is 0. The van der Waals surface area contributed by atoms with Gasteiger partial charge in [-0.3, -0.25) is 33.5 Å². The average molecular weight is 985 g/mol. The van der Waals surface area contributed by atoms with Crippen LogP contribution in [0.15, 0.2) is 0 Å². The second-order valence-electron chi connectivity index (χ2n) is 7.63. The predicted molar refractivity (Wildman–Crippen MR) is 112 cm³/mol. The first-order valence-corrected chi connectivity index (χ1v) is 22.0. The van der Waals surface area contributed by atoms with E-state index in [1.165, 1.54) is 0 Å². The molecule has 0 fully saturated rings. The molecule has 0 rings (SSSR count). The Morgan fingerprint density at radius 2 is 0.652 bits per heavy atom. The molecule has 0 aromatic heterocycles. The summed E-state index contributed by atoms with van der Waals surface area (Å²) in [6.07, 6.45) is 0. The molecule has 1 atom stereocenters. The smallest absolute Gasteiger partial charge is 0.809 e. The summed E-state index contributed by atoms with van der Waals surface area (Å²) in [7, 11) is -56.1. The van der Waals surface area contributed by atoms with E-state index >= 15 is 0 Å². The van der Waals surface area contributed by atoms with Gasteiger partial charge in [-0.25, -0.2) is 0 Å². The van der Waals surface area contributed by atoms with Crippen LogP contribution in [0.5, 0.6) is 0 Å². The molecule has 1 unspecified atom stereocenters. The fourth-order valence-corrected chi connectivity index (χ4v) is 14.9. The maximum absolute atomic E-state index is 12.1. The molecule has 0 saturated carbocycles. The molecule has 0 aromatic rings. The van der Waals surface area contributed by atoms with Gasteiger partial charge in [0.25, 0.3) is 0 Å². The van der Waals surface area contributed by atoms with Crippen LogP contribution in [-0.4, -0.2) is 82.9 Å². The van der Waals surface area contributed by atoms with Gasteiger partial charge >= 0.3 is 346 Å². The fourth-order valence-electron chi connectivity index (χ4n) is 3.36. The van der Waals surface area contributed by atoms with Crippen LogP contribution >= 0.6 is 60.8 Å². The summed E-state index contributed by atoms with van der Waals surface area (Å²) in [6.45, 7) is -2.89. The minimum absolute atomic E-state index is 0. The topological polar surface area (TPSA) is 501 Å². The minimum atomic E-state index is -7.27. The monoisotopic (exact) mass is 984 g/mol. The van der Waals surface area contributed by atoms with Crippen molar-refractivity contribution in [2.24, 2.45) is 0 Å². The molecule has 0 bridgehead atoms. The van der Waals surface area contributed by atoms with Crippen LogP contribution < -0.4 is 348 Å². The van der Waals surface area contributed by atoms with Crippen LogP contribution in [0.1, 0.15) is 0 Å². The maximum atomic E-state index is 12.1. The zero-order valence-corrected chi connectivity index (χ0v) is 50.2. The average Bonchev–Trinajstić information content (AvgIpc) is 2.49. The number of hydrogen-bond acceptors (Lipinski definition) is 16. The van der Waals surface area contributed by atoms with Gasteiger partial charge in [0.1, 0.15) is 5.52 Å². The molecule has 26 nitrogen and oxygen atoms in total. The van der Waals surface area contributed by atoms with Crippen molar-refractivity contribution in [3.63, 3.8) is 0 Å². The Morgan fingerprint density at radius 1 is 0.435 bits per heavy atom. The summed E-state index contributed by atoms with van der Waals surface area (Å²) in [4.78, 5) is 164.